The number of esters is 1. The number of ketones is 1. The zero-order valence-electron chi connectivity index (χ0n) is 17.3. The van der Waals surface area contributed by atoms with Crippen LogP contribution in [0.2, 0.25) is 0 Å². The standard InChI is InChI=1S/C25H23NO5/c1-17(18-8-4-3-5-9-18)26-23(27)16-31-25(29)22-11-7-6-10-21(22)24(28)19-12-14-20(30-2)15-13-19/h3-15,17H,16H2,1-2H3,(H,26,27)/t17-/m1/s1. The van der Waals surface area contributed by atoms with Gasteiger partial charge in [0.15, 0.2) is 12.4 Å². The van der Waals surface area contributed by atoms with Gasteiger partial charge in [0.25, 0.3) is 5.91 Å². The molecule has 0 radical (unpaired) electrons. The van der Waals surface area contributed by atoms with Crippen molar-refractivity contribution in [3.8, 4) is 5.75 Å². The Bertz CT molecular complexity index is 1060. The van der Waals surface area contributed by atoms with E-state index in [0.717, 1.165) is 5.56 Å². The topological polar surface area (TPSA) is 81.7 Å². The average molecular weight is 417 g/mol. The number of carbonyl (C=O) groups excluding carboxylic acids is 3. The fraction of sp³-hybridized carbons (Fsp3) is 0.160. The van der Waals surface area contributed by atoms with Crippen LogP contribution in [0.15, 0.2) is 78.9 Å². The predicted octanol–water partition coefficient (Wildman–Crippen LogP) is 3.96. The smallest absolute Gasteiger partial charge is 0.339 e. The summed E-state index contributed by atoms with van der Waals surface area (Å²) in [6.45, 7) is 1.40. The second-order valence-corrected chi connectivity index (χ2v) is 6.88. The first kappa shape index (κ1) is 21.8. The van der Waals surface area contributed by atoms with Crippen molar-refractivity contribution in [1.82, 2.24) is 5.32 Å². The summed E-state index contributed by atoms with van der Waals surface area (Å²) in [5, 5.41) is 2.78. The van der Waals surface area contributed by atoms with E-state index in [1.54, 1.807) is 49.6 Å². The van der Waals surface area contributed by atoms with Gasteiger partial charge in [-0.25, -0.2) is 4.79 Å². The Labute approximate surface area is 180 Å². The molecule has 3 rings (SSSR count). The number of nitrogens with one attached hydrogen (secondary N) is 1. The van der Waals surface area contributed by atoms with Crippen LogP contribution in [0, 0.1) is 0 Å². The van der Waals surface area contributed by atoms with Crippen molar-refractivity contribution < 1.29 is 23.9 Å². The molecule has 0 saturated heterocycles. The third-order valence-corrected chi connectivity index (χ3v) is 4.76. The van der Waals surface area contributed by atoms with Gasteiger partial charge in [0.05, 0.1) is 18.7 Å². The summed E-state index contributed by atoms with van der Waals surface area (Å²) in [5.41, 5.74) is 1.66. The highest BCUT2D eigenvalue weighted by atomic mass is 16.5. The summed E-state index contributed by atoms with van der Waals surface area (Å²) in [6.07, 6.45) is 0. The molecule has 6 nitrogen and oxygen atoms in total. The van der Waals surface area contributed by atoms with Gasteiger partial charge in [-0.15, -0.1) is 0 Å². The van der Waals surface area contributed by atoms with E-state index >= 15 is 0 Å². The molecular formula is C25H23NO5. The first-order valence-corrected chi connectivity index (χ1v) is 9.79. The van der Waals surface area contributed by atoms with Crippen molar-refractivity contribution in [1.29, 1.82) is 0 Å². The Morgan fingerprint density at radius 1 is 0.839 bits per heavy atom. The van der Waals surface area contributed by atoms with Crippen molar-refractivity contribution in [2.45, 2.75) is 13.0 Å². The molecular weight excluding hydrogens is 394 g/mol. The quantitative estimate of drug-likeness (QED) is 0.443. The van der Waals surface area contributed by atoms with E-state index in [1.165, 1.54) is 6.07 Å². The number of rotatable bonds is 8. The maximum Gasteiger partial charge on any atom is 0.339 e. The number of hydrogen-bond acceptors (Lipinski definition) is 5. The number of hydrogen-bond donors (Lipinski definition) is 1. The minimum atomic E-state index is -0.736. The van der Waals surface area contributed by atoms with Gasteiger partial charge in [0.1, 0.15) is 5.75 Å². The minimum absolute atomic E-state index is 0.104. The lowest BCUT2D eigenvalue weighted by Gasteiger charge is -2.14. The average Bonchev–Trinajstić information content (AvgIpc) is 2.82. The minimum Gasteiger partial charge on any atom is -0.497 e. The van der Waals surface area contributed by atoms with Gasteiger partial charge in [0.2, 0.25) is 0 Å². The van der Waals surface area contributed by atoms with Crippen LogP contribution in [0.4, 0.5) is 0 Å². The molecule has 1 amide bonds. The van der Waals surface area contributed by atoms with E-state index in [-0.39, 0.29) is 23.0 Å². The third-order valence-electron chi connectivity index (χ3n) is 4.76. The number of methoxy groups -OCH3 is 1. The second-order valence-electron chi connectivity index (χ2n) is 6.88. The summed E-state index contributed by atoms with van der Waals surface area (Å²) >= 11 is 0. The Hall–Kier alpha value is -3.93. The highest BCUT2D eigenvalue weighted by Gasteiger charge is 2.20. The largest absolute Gasteiger partial charge is 0.497 e. The molecule has 0 fully saturated rings. The van der Waals surface area contributed by atoms with E-state index in [1.807, 2.05) is 37.3 Å². The Kier molecular flexibility index (Phi) is 7.17. The molecule has 6 heteroatoms. The molecule has 0 heterocycles. The van der Waals surface area contributed by atoms with E-state index in [4.69, 9.17) is 9.47 Å². The van der Waals surface area contributed by atoms with Crippen LogP contribution in [0.25, 0.3) is 0 Å². The normalized spacial score (nSPS) is 11.3. The number of ether oxygens (including phenoxy) is 2. The van der Waals surface area contributed by atoms with Crippen molar-refractivity contribution in [3.05, 3.63) is 101 Å². The SMILES string of the molecule is COc1ccc(C(=O)c2ccccc2C(=O)OCC(=O)N[C@H](C)c2ccccc2)cc1. The van der Waals surface area contributed by atoms with Gasteiger partial charge >= 0.3 is 5.97 Å². The van der Waals surface area contributed by atoms with Crippen LogP contribution in [-0.4, -0.2) is 31.4 Å². The molecule has 3 aromatic rings. The lowest BCUT2D eigenvalue weighted by atomic mass is 9.98. The zero-order chi connectivity index (χ0) is 22.2. The van der Waals surface area contributed by atoms with Gasteiger partial charge in [-0.1, -0.05) is 48.5 Å². The number of carbonyl (C=O) groups is 3. The first-order chi connectivity index (χ1) is 15.0. The summed E-state index contributed by atoms with van der Waals surface area (Å²) in [7, 11) is 1.54. The maximum atomic E-state index is 12.9. The maximum absolute atomic E-state index is 12.9. The van der Waals surface area contributed by atoms with E-state index < -0.39 is 18.5 Å². The van der Waals surface area contributed by atoms with Crippen molar-refractivity contribution in [2.75, 3.05) is 13.7 Å². The number of benzene rings is 3. The van der Waals surface area contributed by atoms with Gasteiger partial charge in [-0.3, -0.25) is 9.59 Å². The van der Waals surface area contributed by atoms with Gasteiger partial charge in [0, 0.05) is 11.1 Å². The fourth-order valence-electron chi connectivity index (χ4n) is 3.07. The monoisotopic (exact) mass is 417 g/mol. The molecule has 158 valence electrons. The molecule has 0 aliphatic heterocycles. The zero-order valence-corrected chi connectivity index (χ0v) is 17.3. The van der Waals surface area contributed by atoms with Crippen LogP contribution in [0.5, 0.6) is 5.75 Å². The summed E-state index contributed by atoms with van der Waals surface area (Å²) in [4.78, 5) is 37.7. The summed E-state index contributed by atoms with van der Waals surface area (Å²) < 4.78 is 10.3. The molecule has 3 aromatic carbocycles. The molecule has 1 atom stereocenters. The fourth-order valence-corrected chi connectivity index (χ4v) is 3.07. The van der Waals surface area contributed by atoms with Crippen molar-refractivity contribution in [3.63, 3.8) is 0 Å². The molecule has 1 N–H and O–H groups in total. The molecule has 0 bridgehead atoms. The highest BCUT2D eigenvalue weighted by Crippen LogP contribution is 2.18. The Balaban J connectivity index is 1.65. The van der Waals surface area contributed by atoms with Crippen LogP contribution in [0.3, 0.4) is 0 Å². The van der Waals surface area contributed by atoms with Crippen LogP contribution in [-0.2, 0) is 9.53 Å². The van der Waals surface area contributed by atoms with Crippen LogP contribution >= 0.6 is 0 Å². The summed E-state index contributed by atoms with van der Waals surface area (Å²) in [5.74, 6) is -0.860. The van der Waals surface area contributed by atoms with Crippen LogP contribution < -0.4 is 10.1 Å². The Morgan fingerprint density at radius 3 is 2.10 bits per heavy atom. The predicted molar refractivity (Wildman–Crippen MR) is 116 cm³/mol. The lowest BCUT2D eigenvalue weighted by Crippen LogP contribution is -2.31. The third kappa shape index (κ3) is 5.57. The molecule has 0 saturated carbocycles. The first-order valence-electron chi connectivity index (χ1n) is 9.79. The highest BCUT2D eigenvalue weighted by molar-refractivity contribution is 6.14. The van der Waals surface area contributed by atoms with E-state index in [9.17, 15) is 14.4 Å². The molecule has 0 aliphatic rings. The second kappa shape index (κ2) is 10.2. The molecule has 0 spiro atoms. The van der Waals surface area contributed by atoms with Crippen molar-refractivity contribution in [2.24, 2.45) is 0 Å². The lowest BCUT2D eigenvalue weighted by molar-refractivity contribution is -0.124. The molecule has 31 heavy (non-hydrogen) atoms. The van der Waals surface area contributed by atoms with E-state index in [0.29, 0.717) is 11.3 Å². The van der Waals surface area contributed by atoms with Gasteiger partial charge in [-0.05, 0) is 42.8 Å². The van der Waals surface area contributed by atoms with Crippen molar-refractivity contribution >= 4 is 17.7 Å². The Morgan fingerprint density at radius 2 is 1.45 bits per heavy atom. The molecule has 0 unspecified atom stereocenters. The summed E-state index contributed by atoms with van der Waals surface area (Å²) in [6, 6.07) is 22.2. The van der Waals surface area contributed by atoms with Gasteiger partial charge in [-0.2, -0.15) is 0 Å². The van der Waals surface area contributed by atoms with Gasteiger partial charge < -0.3 is 14.8 Å². The van der Waals surface area contributed by atoms with E-state index in [2.05, 4.69) is 5.32 Å². The molecule has 0 aromatic heterocycles. The molecule has 0 aliphatic carbocycles. The number of amides is 1. The van der Waals surface area contributed by atoms with Crippen LogP contribution in [0.1, 0.15) is 44.8 Å².